The predicted octanol–water partition coefficient (Wildman–Crippen LogP) is 2.02. The number of carbonyl (C=O) groups excluding carboxylic acids is 1. The van der Waals surface area contributed by atoms with E-state index >= 15 is 0 Å². The van der Waals surface area contributed by atoms with Gasteiger partial charge in [0.15, 0.2) is 0 Å². The van der Waals surface area contributed by atoms with E-state index in [4.69, 9.17) is 4.74 Å². The summed E-state index contributed by atoms with van der Waals surface area (Å²) in [6.07, 6.45) is 3.39. The van der Waals surface area contributed by atoms with Crippen molar-refractivity contribution in [3.63, 3.8) is 0 Å². The Hall–Kier alpha value is -1.39. The van der Waals surface area contributed by atoms with Crippen LogP contribution in [0.4, 0.5) is 0 Å². The van der Waals surface area contributed by atoms with Crippen LogP contribution in [0.1, 0.15) is 37.8 Å². The fourth-order valence-corrected chi connectivity index (χ4v) is 2.50. The minimum atomic E-state index is 0.0405. The van der Waals surface area contributed by atoms with Crippen LogP contribution >= 0.6 is 0 Å². The molecule has 1 saturated heterocycles. The topological polar surface area (TPSA) is 50.4 Å². The molecule has 4 heteroatoms. The van der Waals surface area contributed by atoms with Crippen LogP contribution in [-0.2, 0) is 9.53 Å². The van der Waals surface area contributed by atoms with Gasteiger partial charge in [-0.15, -0.1) is 0 Å². The molecule has 20 heavy (non-hydrogen) atoms. The Morgan fingerprint density at radius 1 is 1.40 bits per heavy atom. The largest absolute Gasteiger partial charge is 0.377 e. The number of rotatable bonds is 7. The molecular weight excluding hydrogens is 252 g/mol. The van der Waals surface area contributed by atoms with Gasteiger partial charge in [0.05, 0.1) is 18.7 Å². The highest BCUT2D eigenvalue weighted by Crippen LogP contribution is 2.15. The molecule has 1 aromatic rings. The van der Waals surface area contributed by atoms with Gasteiger partial charge < -0.3 is 15.4 Å². The SMILES string of the molecule is CCC(NC(=O)CNCC1CCCO1)c1ccccc1. The quantitative estimate of drug-likeness (QED) is 0.801. The van der Waals surface area contributed by atoms with Crippen LogP contribution < -0.4 is 10.6 Å². The summed E-state index contributed by atoms with van der Waals surface area (Å²) in [5.74, 6) is 0.0405. The summed E-state index contributed by atoms with van der Waals surface area (Å²) >= 11 is 0. The molecule has 1 amide bonds. The number of benzene rings is 1. The lowest BCUT2D eigenvalue weighted by molar-refractivity contribution is -0.121. The molecule has 2 rings (SSSR count). The van der Waals surface area contributed by atoms with Gasteiger partial charge in [-0.1, -0.05) is 37.3 Å². The number of hydrogen-bond acceptors (Lipinski definition) is 3. The van der Waals surface area contributed by atoms with E-state index < -0.39 is 0 Å². The summed E-state index contributed by atoms with van der Waals surface area (Å²) in [5, 5.41) is 6.24. The molecule has 1 heterocycles. The molecule has 0 aromatic heterocycles. The lowest BCUT2D eigenvalue weighted by Crippen LogP contribution is -2.38. The summed E-state index contributed by atoms with van der Waals surface area (Å²) in [5.41, 5.74) is 1.16. The second-order valence-electron chi connectivity index (χ2n) is 5.20. The van der Waals surface area contributed by atoms with Crippen LogP contribution in [0, 0.1) is 0 Å². The third-order valence-corrected chi connectivity index (χ3v) is 3.63. The van der Waals surface area contributed by atoms with Gasteiger partial charge in [-0.25, -0.2) is 0 Å². The third kappa shape index (κ3) is 4.62. The van der Waals surface area contributed by atoms with E-state index in [0.29, 0.717) is 6.54 Å². The van der Waals surface area contributed by atoms with Crippen molar-refractivity contribution in [2.24, 2.45) is 0 Å². The smallest absolute Gasteiger partial charge is 0.234 e. The van der Waals surface area contributed by atoms with Crippen molar-refractivity contribution >= 4 is 5.91 Å². The summed E-state index contributed by atoms with van der Waals surface area (Å²) < 4.78 is 5.51. The van der Waals surface area contributed by atoms with Crippen LogP contribution in [-0.4, -0.2) is 31.7 Å². The zero-order valence-corrected chi connectivity index (χ0v) is 12.1. The molecule has 110 valence electrons. The second kappa shape index (κ2) is 8.02. The van der Waals surface area contributed by atoms with E-state index in [9.17, 15) is 4.79 Å². The molecule has 0 aliphatic carbocycles. The number of carbonyl (C=O) groups is 1. The molecule has 1 aliphatic heterocycles. The van der Waals surface area contributed by atoms with E-state index in [0.717, 1.165) is 38.0 Å². The Kier molecular flexibility index (Phi) is 6.02. The molecule has 0 spiro atoms. The number of amides is 1. The molecule has 1 aliphatic rings. The maximum Gasteiger partial charge on any atom is 0.234 e. The van der Waals surface area contributed by atoms with E-state index in [1.165, 1.54) is 0 Å². The minimum absolute atomic E-state index is 0.0405. The highest BCUT2D eigenvalue weighted by Gasteiger charge is 2.16. The zero-order chi connectivity index (χ0) is 14.2. The number of nitrogens with one attached hydrogen (secondary N) is 2. The van der Waals surface area contributed by atoms with E-state index in [1.807, 2.05) is 30.3 Å². The van der Waals surface area contributed by atoms with Crippen molar-refractivity contribution in [3.8, 4) is 0 Å². The minimum Gasteiger partial charge on any atom is -0.377 e. The van der Waals surface area contributed by atoms with Crippen LogP contribution in [0.2, 0.25) is 0 Å². The van der Waals surface area contributed by atoms with Crippen LogP contribution in [0.5, 0.6) is 0 Å². The van der Waals surface area contributed by atoms with E-state index in [1.54, 1.807) is 0 Å². The Balaban J connectivity index is 1.72. The normalized spacial score (nSPS) is 19.8. The lowest BCUT2D eigenvalue weighted by atomic mass is 10.0. The second-order valence-corrected chi connectivity index (χ2v) is 5.20. The van der Waals surface area contributed by atoms with Gasteiger partial charge in [-0.2, -0.15) is 0 Å². The van der Waals surface area contributed by atoms with Crippen molar-refractivity contribution in [1.29, 1.82) is 0 Å². The highest BCUT2D eigenvalue weighted by molar-refractivity contribution is 5.78. The fraction of sp³-hybridized carbons (Fsp3) is 0.562. The Labute approximate surface area is 120 Å². The number of hydrogen-bond donors (Lipinski definition) is 2. The van der Waals surface area contributed by atoms with Crippen molar-refractivity contribution in [1.82, 2.24) is 10.6 Å². The molecule has 2 atom stereocenters. The Morgan fingerprint density at radius 3 is 2.85 bits per heavy atom. The molecule has 1 fully saturated rings. The fourth-order valence-electron chi connectivity index (χ4n) is 2.50. The molecule has 2 unspecified atom stereocenters. The van der Waals surface area contributed by atoms with Gasteiger partial charge >= 0.3 is 0 Å². The first-order valence-corrected chi connectivity index (χ1v) is 7.46. The standard InChI is InChI=1S/C16H24N2O2/c1-2-15(13-7-4-3-5-8-13)18-16(19)12-17-11-14-9-6-10-20-14/h3-5,7-8,14-15,17H,2,6,9-12H2,1H3,(H,18,19). The van der Waals surface area contributed by atoms with Gasteiger partial charge in [-0.3, -0.25) is 4.79 Å². The molecule has 0 radical (unpaired) electrons. The van der Waals surface area contributed by atoms with Crippen molar-refractivity contribution in [3.05, 3.63) is 35.9 Å². The molecule has 1 aromatic carbocycles. The maximum atomic E-state index is 11.9. The van der Waals surface area contributed by atoms with Crippen molar-refractivity contribution in [2.75, 3.05) is 19.7 Å². The molecule has 2 N–H and O–H groups in total. The zero-order valence-electron chi connectivity index (χ0n) is 12.1. The average molecular weight is 276 g/mol. The third-order valence-electron chi connectivity index (χ3n) is 3.63. The predicted molar refractivity (Wildman–Crippen MR) is 79.5 cm³/mol. The highest BCUT2D eigenvalue weighted by atomic mass is 16.5. The monoisotopic (exact) mass is 276 g/mol. The van der Waals surface area contributed by atoms with Gasteiger partial charge in [0.1, 0.15) is 0 Å². The molecule has 0 saturated carbocycles. The van der Waals surface area contributed by atoms with Gasteiger partial charge in [-0.05, 0) is 24.8 Å². The molecule has 0 bridgehead atoms. The molecule has 4 nitrogen and oxygen atoms in total. The first kappa shape index (κ1) is 15.0. The Morgan fingerprint density at radius 2 is 2.20 bits per heavy atom. The van der Waals surface area contributed by atoms with Crippen molar-refractivity contribution in [2.45, 2.75) is 38.3 Å². The maximum absolute atomic E-state index is 11.9. The lowest BCUT2D eigenvalue weighted by Gasteiger charge is -2.18. The first-order valence-electron chi connectivity index (χ1n) is 7.46. The van der Waals surface area contributed by atoms with Crippen LogP contribution in [0.25, 0.3) is 0 Å². The van der Waals surface area contributed by atoms with Crippen LogP contribution in [0.15, 0.2) is 30.3 Å². The average Bonchev–Trinajstić information content (AvgIpc) is 2.99. The van der Waals surface area contributed by atoms with E-state index in [-0.39, 0.29) is 18.1 Å². The van der Waals surface area contributed by atoms with Crippen LogP contribution in [0.3, 0.4) is 0 Å². The van der Waals surface area contributed by atoms with Gasteiger partial charge in [0.2, 0.25) is 5.91 Å². The first-order chi connectivity index (χ1) is 9.79. The Bertz CT molecular complexity index is 402. The van der Waals surface area contributed by atoms with Crippen molar-refractivity contribution < 1.29 is 9.53 Å². The summed E-state index contributed by atoms with van der Waals surface area (Å²) in [4.78, 5) is 11.9. The summed E-state index contributed by atoms with van der Waals surface area (Å²) in [6.45, 7) is 4.04. The van der Waals surface area contributed by atoms with Gasteiger partial charge in [0, 0.05) is 13.2 Å². The van der Waals surface area contributed by atoms with Gasteiger partial charge in [0.25, 0.3) is 0 Å². The summed E-state index contributed by atoms with van der Waals surface area (Å²) in [7, 11) is 0. The summed E-state index contributed by atoms with van der Waals surface area (Å²) in [6, 6.07) is 10.2. The molecular formula is C16H24N2O2. The number of ether oxygens (including phenoxy) is 1. The van der Waals surface area contributed by atoms with E-state index in [2.05, 4.69) is 17.6 Å².